The van der Waals surface area contributed by atoms with Crippen molar-refractivity contribution < 1.29 is 21.6 Å². The van der Waals surface area contributed by atoms with E-state index in [1.54, 1.807) is 18.2 Å². The first-order chi connectivity index (χ1) is 9.41. The Morgan fingerprint density at radius 3 is 2.50 bits per heavy atom. The van der Waals surface area contributed by atoms with Gasteiger partial charge in [-0.25, -0.2) is 8.42 Å². The second kappa shape index (κ2) is 6.08. The molecular formula is C12H10F2INO3S. The number of benzene rings is 1. The molecule has 0 atom stereocenters. The van der Waals surface area contributed by atoms with Crippen LogP contribution in [0.1, 0.15) is 5.76 Å². The maximum absolute atomic E-state index is 12.6. The summed E-state index contributed by atoms with van der Waals surface area (Å²) in [6.45, 7) is 0.207. The third kappa shape index (κ3) is 3.29. The fraction of sp³-hybridized carbons (Fsp3) is 0.167. The fourth-order valence-corrected chi connectivity index (χ4v) is 2.96. The second-order valence-electron chi connectivity index (χ2n) is 3.86. The third-order valence-electron chi connectivity index (χ3n) is 2.51. The van der Waals surface area contributed by atoms with Crippen LogP contribution in [0.3, 0.4) is 0 Å². The number of anilines is 1. The van der Waals surface area contributed by atoms with Crippen molar-refractivity contribution in [2.75, 3.05) is 5.32 Å². The number of alkyl halides is 2. The van der Waals surface area contributed by atoms with Gasteiger partial charge < -0.3 is 9.73 Å². The van der Waals surface area contributed by atoms with E-state index < -0.39 is 20.5 Å². The molecule has 1 heterocycles. The van der Waals surface area contributed by atoms with Crippen LogP contribution in [0.25, 0.3) is 0 Å². The molecule has 0 amide bonds. The van der Waals surface area contributed by atoms with Crippen LogP contribution in [0, 0.1) is 3.77 Å². The molecular weight excluding hydrogens is 403 g/mol. The van der Waals surface area contributed by atoms with Crippen LogP contribution >= 0.6 is 22.6 Å². The zero-order valence-electron chi connectivity index (χ0n) is 10.0. The predicted octanol–water partition coefficient (Wildman–Crippen LogP) is 3.49. The zero-order chi connectivity index (χ0) is 14.8. The summed E-state index contributed by atoms with van der Waals surface area (Å²) in [6.07, 6.45) is 0. The number of halogens is 3. The summed E-state index contributed by atoms with van der Waals surface area (Å²) < 4.78 is 54.3. The number of furan rings is 1. The van der Waals surface area contributed by atoms with Gasteiger partial charge in [0.25, 0.3) is 0 Å². The molecule has 0 saturated carbocycles. The lowest BCUT2D eigenvalue weighted by molar-refractivity contribution is 0.235. The van der Waals surface area contributed by atoms with Crippen molar-refractivity contribution >= 4 is 38.1 Å². The Kier molecular flexibility index (Phi) is 4.63. The summed E-state index contributed by atoms with van der Waals surface area (Å²) in [7, 11) is -4.63. The minimum absolute atomic E-state index is 0.124. The lowest BCUT2D eigenvalue weighted by atomic mass is 10.3. The third-order valence-corrected chi connectivity index (χ3v) is 4.53. The SMILES string of the molecule is O=S(=O)(c1ccccc1NCc1ccc(I)o1)C(F)F. The normalized spacial score (nSPS) is 11.8. The number of hydrogen-bond donors (Lipinski definition) is 1. The van der Waals surface area contributed by atoms with E-state index in [2.05, 4.69) is 5.32 Å². The Morgan fingerprint density at radius 1 is 1.20 bits per heavy atom. The van der Waals surface area contributed by atoms with Gasteiger partial charge >= 0.3 is 5.76 Å². The van der Waals surface area contributed by atoms with E-state index in [1.807, 2.05) is 22.6 Å². The van der Waals surface area contributed by atoms with Gasteiger partial charge in [0.1, 0.15) is 5.76 Å². The molecule has 2 rings (SSSR count). The maximum Gasteiger partial charge on any atom is 0.341 e. The molecule has 8 heteroatoms. The monoisotopic (exact) mass is 413 g/mol. The molecule has 0 saturated heterocycles. The van der Waals surface area contributed by atoms with Crippen LogP contribution in [-0.2, 0) is 16.4 Å². The highest BCUT2D eigenvalue weighted by Crippen LogP contribution is 2.26. The van der Waals surface area contributed by atoms with Crippen LogP contribution in [0.2, 0.25) is 0 Å². The van der Waals surface area contributed by atoms with E-state index >= 15 is 0 Å². The average Bonchev–Trinajstić information content (AvgIpc) is 2.82. The number of nitrogens with one attached hydrogen (secondary N) is 1. The van der Waals surface area contributed by atoms with Crippen molar-refractivity contribution in [2.45, 2.75) is 17.2 Å². The zero-order valence-corrected chi connectivity index (χ0v) is 13.0. The highest BCUT2D eigenvalue weighted by Gasteiger charge is 2.28. The van der Waals surface area contributed by atoms with Crippen molar-refractivity contribution in [3.8, 4) is 0 Å². The first-order valence-electron chi connectivity index (χ1n) is 5.50. The number of hydrogen-bond acceptors (Lipinski definition) is 4. The molecule has 4 nitrogen and oxygen atoms in total. The highest BCUT2D eigenvalue weighted by atomic mass is 127. The van der Waals surface area contributed by atoms with Crippen molar-refractivity contribution in [3.63, 3.8) is 0 Å². The van der Waals surface area contributed by atoms with Gasteiger partial charge in [-0.2, -0.15) is 8.78 Å². The largest absolute Gasteiger partial charge is 0.454 e. The first kappa shape index (κ1) is 15.2. The summed E-state index contributed by atoms with van der Waals surface area (Å²) in [5, 5.41) is 2.79. The Balaban J connectivity index is 2.25. The smallest absolute Gasteiger partial charge is 0.341 e. The van der Waals surface area contributed by atoms with E-state index in [0.29, 0.717) is 9.53 Å². The quantitative estimate of drug-likeness (QED) is 0.763. The average molecular weight is 413 g/mol. The molecule has 108 valence electrons. The lowest BCUT2D eigenvalue weighted by Gasteiger charge is -2.11. The molecule has 1 aromatic carbocycles. The molecule has 0 spiro atoms. The topological polar surface area (TPSA) is 59.3 Å². The van der Waals surface area contributed by atoms with Crippen LogP contribution in [-0.4, -0.2) is 14.2 Å². The molecule has 0 bridgehead atoms. The van der Waals surface area contributed by atoms with Crippen molar-refractivity contribution in [1.29, 1.82) is 0 Å². The van der Waals surface area contributed by atoms with E-state index in [0.717, 1.165) is 6.07 Å². The number of para-hydroxylation sites is 1. The molecule has 20 heavy (non-hydrogen) atoms. The first-order valence-corrected chi connectivity index (χ1v) is 8.13. The van der Waals surface area contributed by atoms with E-state index in [-0.39, 0.29) is 12.2 Å². The Hall–Kier alpha value is -1.16. The van der Waals surface area contributed by atoms with Crippen molar-refractivity contribution in [3.05, 3.63) is 45.9 Å². The minimum atomic E-state index is -4.63. The van der Waals surface area contributed by atoms with Gasteiger partial charge in [0.2, 0.25) is 9.84 Å². The molecule has 0 aliphatic carbocycles. The predicted molar refractivity (Wildman–Crippen MR) is 78.4 cm³/mol. The molecule has 1 aromatic heterocycles. The van der Waals surface area contributed by atoms with Gasteiger partial charge in [-0.3, -0.25) is 0 Å². The Labute approximate surface area is 128 Å². The van der Waals surface area contributed by atoms with Gasteiger partial charge in [-0.1, -0.05) is 12.1 Å². The summed E-state index contributed by atoms with van der Waals surface area (Å²) >= 11 is 1.99. The second-order valence-corrected chi connectivity index (χ2v) is 6.81. The van der Waals surface area contributed by atoms with Gasteiger partial charge in [0, 0.05) is 0 Å². The van der Waals surface area contributed by atoms with E-state index in [4.69, 9.17) is 4.42 Å². The number of rotatable bonds is 5. The lowest BCUT2D eigenvalue weighted by Crippen LogP contribution is -2.14. The minimum Gasteiger partial charge on any atom is -0.454 e. The van der Waals surface area contributed by atoms with Gasteiger partial charge in [0.15, 0.2) is 3.77 Å². The highest BCUT2D eigenvalue weighted by molar-refractivity contribution is 14.1. The molecule has 0 radical (unpaired) electrons. The van der Waals surface area contributed by atoms with Gasteiger partial charge in [-0.05, 0) is 46.9 Å². The van der Waals surface area contributed by atoms with Crippen molar-refractivity contribution in [2.24, 2.45) is 0 Å². The molecule has 1 N–H and O–H groups in total. The fourth-order valence-electron chi connectivity index (χ4n) is 1.59. The van der Waals surface area contributed by atoms with Gasteiger partial charge in [-0.15, -0.1) is 0 Å². The summed E-state index contributed by atoms with van der Waals surface area (Å²) in [5.74, 6) is -2.87. The summed E-state index contributed by atoms with van der Waals surface area (Å²) in [6, 6.07) is 9.02. The van der Waals surface area contributed by atoms with Gasteiger partial charge in [0.05, 0.1) is 17.1 Å². The van der Waals surface area contributed by atoms with Crippen LogP contribution in [0.5, 0.6) is 0 Å². The summed E-state index contributed by atoms with van der Waals surface area (Å²) in [4.78, 5) is -0.420. The molecule has 0 aliphatic heterocycles. The van der Waals surface area contributed by atoms with Crippen molar-refractivity contribution in [1.82, 2.24) is 0 Å². The molecule has 0 fully saturated rings. The molecule has 0 aliphatic rings. The number of sulfone groups is 1. The molecule has 0 unspecified atom stereocenters. The van der Waals surface area contributed by atoms with Crippen LogP contribution in [0.4, 0.5) is 14.5 Å². The van der Waals surface area contributed by atoms with Crippen LogP contribution in [0.15, 0.2) is 45.7 Å². The Bertz CT molecular complexity index is 700. The van der Waals surface area contributed by atoms with E-state index in [9.17, 15) is 17.2 Å². The molecule has 2 aromatic rings. The summed E-state index contributed by atoms with van der Waals surface area (Å²) in [5.41, 5.74) is 0.124. The maximum atomic E-state index is 12.6. The van der Waals surface area contributed by atoms with E-state index in [1.165, 1.54) is 12.1 Å². The standard InChI is InChI=1S/C12H10F2INO3S/c13-12(14)20(17,18)10-4-2-1-3-9(10)16-7-8-5-6-11(15)19-8/h1-6,12,16H,7H2. The Morgan fingerprint density at radius 2 is 1.90 bits per heavy atom. The van der Waals surface area contributed by atoms with Crippen LogP contribution < -0.4 is 5.32 Å².